The van der Waals surface area contributed by atoms with E-state index in [1.54, 1.807) is 7.11 Å². The Kier molecular flexibility index (Phi) is 4.57. The largest absolute Gasteiger partial charge is 0.384 e. The Morgan fingerprint density at radius 2 is 2.24 bits per heavy atom. The zero-order chi connectivity index (χ0) is 12.3. The van der Waals surface area contributed by atoms with Crippen LogP contribution in [0.25, 0.3) is 0 Å². The predicted molar refractivity (Wildman–Crippen MR) is 67.9 cm³/mol. The molecule has 3 nitrogen and oxygen atoms in total. The average molecular weight is 239 g/mol. The highest BCUT2D eigenvalue weighted by molar-refractivity contribution is 5.81. The Labute approximate surface area is 105 Å². The molecule has 3 unspecified atom stereocenters. The number of Topliss-reactive ketones (excluding diaryl/α,β-unsaturated/α-hetero) is 1. The molecule has 3 heteroatoms. The minimum Gasteiger partial charge on any atom is -0.384 e. The van der Waals surface area contributed by atoms with E-state index >= 15 is 0 Å². The minimum atomic E-state index is 0.306. The Morgan fingerprint density at radius 1 is 1.41 bits per heavy atom. The lowest BCUT2D eigenvalue weighted by molar-refractivity contribution is -0.126. The SMILES string of the molecule is COCC1CCN(CC2CC(C)CCC2=O)C1. The van der Waals surface area contributed by atoms with Crippen LogP contribution in [0.3, 0.4) is 0 Å². The summed E-state index contributed by atoms with van der Waals surface area (Å²) < 4.78 is 5.21. The van der Waals surface area contributed by atoms with Crippen molar-refractivity contribution < 1.29 is 9.53 Å². The van der Waals surface area contributed by atoms with E-state index in [1.165, 1.54) is 6.42 Å². The van der Waals surface area contributed by atoms with E-state index in [4.69, 9.17) is 4.74 Å². The molecule has 2 rings (SSSR count). The zero-order valence-corrected chi connectivity index (χ0v) is 11.2. The lowest BCUT2D eigenvalue weighted by atomic mass is 9.81. The topological polar surface area (TPSA) is 29.5 Å². The molecule has 3 atom stereocenters. The molecule has 0 bridgehead atoms. The normalized spacial score (nSPS) is 35.4. The number of carbonyl (C=O) groups is 1. The highest BCUT2D eigenvalue weighted by Crippen LogP contribution is 2.28. The summed E-state index contributed by atoms with van der Waals surface area (Å²) in [5.74, 6) is 2.21. The van der Waals surface area contributed by atoms with Crippen molar-refractivity contribution in [1.82, 2.24) is 4.90 Å². The molecule has 2 aliphatic rings. The molecule has 0 amide bonds. The van der Waals surface area contributed by atoms with E-state index in [0.717, 1.165) is 51.4 Å². The van der Waals surface area contributed by atoms with Gasteiger partial charge in [-0.15, -0.1) is 0 Å². The number of ketones is 1. The first-order chi connectivity index (χ1) is 8.19. The van der Waals surface area contributed by atoms with Gasteiger partial charge in [-0.05, 0) is 37.6 Å². The standard InChI is InChI=1S/C14H25NO2/c1-11-3-4-14(16)13(7-11)9-15-6-5-12(8-15)10-17-2/h11-13H,3-10H2,1-2H3. The van der Waals surface area contributed by atoms with Crippen molar-refractivity contribution in [3.63, 3.8) is 0 Å². The third-order valence-corrected chi connectivity index (χ3v) is 4.28. The summed E-state index contributed by atoms with van der Waals surface area (Å²) in [5, 5.41) is 0. The number of likely N-dealkylation sites (tertiary alicyclic amines) is 1. The van der Waals surface area contributed by atoms with E-state index in [9.17, 15) is 4.79 Å². The molecule has 0 radical (unpaired) electrons. The van der Waals surface area contributed by atoms with Gasteiger partial charge < -0.3 is 9.64 Å². The predicted octanol–water partition coefficient (Wildman–Crippen LogP) is 1.96. The third kappa shape index (κ3) is 3.52. The molecular formula is C14H25NO2. The van der Waals surface area contributed by atoms with Crippen LogP contribution in [0, 0.1) is 17.8 Å². The quantitative estimate of drug-likeness (QED) is 0.751. The van der Waals surface area contributed by atoms with Crippen LogP contribution in [-0.4, -0.2) is 44.0 Å². The molecule has 0 aromatic heterocycles. The first-order valence-electron chi connectivity index (χ1n) is 6.93. The summed E-state index contributed by atoms with van der Waals surface area (Å²) in [5.41, 5.74) is 0. The molecule has 1 saturated carbocycles. The van der Waals surface area contributed by atoms with Gasteiger partial charge in [0.25, 0.3) is 0 Å². The Bertz CT molecular complexity index is 267. The molecule has 98 valence electrons. The van der Waals surface area contributed by atoms with Gasteiger partial charge in [0.05, 0.1) is 6.61 Å². The highest BCUT2D eigenvalue weighted by Gasteiger charge is 2.30. The maximum Gasteiger partial charge on any atom is 0.137 e. The van der Waals surface area contributed by atoms with Crippen LogP contribution in [-0.2, 0) is 9.53 Å². The summed E-state index contributed by atoms with van der Waals surface area (Å²) in [6.07, 6.45) is 4.23. The van der Waals surface area contributed by atoms with Gasteiger partial charge in [-0.2, -0.15) is 0 Å². The number of ether oxygens (including phenoxy) is 1. The van der Waals surface area contributed by atoms with Gasteiger partial charge >= 0.3 is 0 Å². The van der Waals surface area contributed by atoms with Crippen LogP contribution in [0.2, 0.25) is 0 Å². The van der Waals surface area contributed by atoms with Crippen molar-refractivity contribution in [3.05, 3.63) is 0 Å². The van der Waals surface area contributed by atoms with Crippen molar-refractivity contribution in [1.29, 1.82) is 0 Å². The summed E-state index contributed by atoms with van der Waals surface area (Å²) in [7, 11) is 1.77. The zero-order valence-electron chi connectivity index (χ0n) is 11.2. The van der Waals surface area contributed by atoms with Gasteiger partial charge in [-0.1, -0.05) is 6.92 Å². The lowest BCUT2D eigenvalue weighted by Gasteiger charge is -2.29. The Balaban J connectivity index is 1.79. The van der Waals surface area contributed by atoms with E-state index in [-0.39, 0.29) is 0 Å². The maximum absolute atomic E-state index is 11.9. The van der Waals surface area contributed by atoms with Gasteiger partial charge in [0.2, 0.25) is 0 Å². The highest BCUT2D eigenvalue weighted by atomic mass is 16.5. The van der Waals surface area contributed by atoms with Crippen LogP contribution >= 0.6 is 0 Å². The number of carbonyl (C=O) groups excluding carboxylic acids is 1. The monoisotopic (exact) mass is 239 g/mol. The van der Waals surface area contributed by atoms with Crippen LogP contribution in [0.5, 0.6) is 0 Å². The third-order valence-electron chi connectivity index (χ3n) is 4.28. The number of hydrogen-bond donors (Lipinski definition) is 0. The van der Waals surface area contributed by atoms with Gasteiger partial charge in [0.15, 0.2) is 0 Å². The molecule has 0 aromatic carbocycles. The van der Waals surface area contributed by atoms with Gasteiger partial charge in [-0.3, -0.25) is 4.79 Å². The number of nitrogens with zero attached hydrogens (tertiary/aromatic N) is 1. The van der Waals surface area contributed by atoms with Crippen LogP contribution in [0.15, 0.2) is 0 Å². The first kappa shape index (κ1) is 13.0. The minimum absolute atomic E-state index is 0.306. The number of methoxy groups -OCH3 is 1. The van der Waals surface area contributed by atoms with Gasteiger partial charge in [-0.25, -0.2) is 0 Å². The van der Waals surface area contributed by atoms with Crippen molar-refractivity contribution in [2.45, 2.75) is 32.6 Å². The van der Waals surface area contributed by atoms with Crippen molar-refractivity contribution in [3.8, 4) is 0 Å². The second-order valence-electron chi connectivity index (χ2n) is 5.91. The van der Waals surface area contributed by atoms with E-state index in [2.05, 4.69) is 11.8 Å². The molecule has 17 heavy (non-hydrogen) atoms. The fourth-order valence-corrected chi connectivity index (χ4v) is 3.27. The van der Waals surface area contributed by atoms with Crippen LogP contribution < -0.4 is 0 Å². The van der Waals surface area contributed by atoms with Gasteiger partial charge in [0, 0.05) is 32.5 Å². The molecule has 1 saturated heterocycles. The van der Waals surface area contributed by atoms with E-state index in [1.807, 2.05) is 0 Å². The van der Waals surface area contributed by atoms with E-state index < -0.39 is 0 Å². The second kappa shape index (κ2) is 5.96. The lowest BCUT2D eigenvalue weighted by Crippen LogP contribution is -2.35. The Hall–Kier alpha value is -0.410. The second-order valence-corrected chi connectivity index (χ2v) is 5.91. The fraction of sp³-hybridized carbons (Fsp3) is 0.929. The molecule has 1 aliphatic heterocycles. The molecule has 1 aliphatic carbocycles. The summed E-state index contributed by atoms with van der Waals surface area (Å²) in [6, 6.07) is 0. The number of hydrogen-bond acceptors (Lipinski definition) is 3. The van der Waals surface area contributed by atoms with Crippen molar-refractivity contribution >= 4 is 5.78 Å². The summed E-state index contributed by atoms with van der Waals surface area (Å²) in [6.45, 7) is 6.39. The molecular weight excluding hydrogens is 214 g/mol. The average Bonchev–Trinajstić information content (AvgIpc) is 2.72. The molecule has 1 heterocycles. The number of rotatable bonds is 4. The van der Waals surface area contributed by atoms with Crippen molar-refractivity contribution in [2.24, 2.45) is 17.8 Å². The van der Waals surface area contributed by atoms with E-state index in [0.29, 0.717) is 17.6 Å². The molecule has 0 N–H and O–H groups in total. The van der Waals surface area contributed by atoms with Crippen LogP contribution in [0.1, 0.15) is 32.6 Å². The van der Waals surface area contributed by atoms with Gasteiger partial charge in [0.1, 0.15) is 5.78 Å². The smallest absolute Gasteiger partial charge is 0.137 e. The summed E-state index contributed by atoms with van der Waals surface area (Å²) >= 11 is 0. The fourth-order valence-electron chi connectivity index (χ4n) is 3.27. The van der Waals surface area contributed by atoms with Crippen molar-refractivity contribution in [2.75, 3.05) is 33.4 Å². The molecule has 2 fully saturated rings. The summed E-state index contributed by atoms with van der Waals surface area (Å²) in [4.78, 5) is 14.3. The maximum atomic E-state index is 11.9. The molecule has 0 spiro atoms. The molecule has 0 aromatic rings. The van der Waals surface area contributed by atoms with Crippen LogP contribution in [0.4, 0.5) is 0 Å². The Morgan fingerprint density at radius 3 is 3.00 bits per heavy atom. The first-order valence-corrected chi connectivity index (χ1v) is 6.93.